The Balaban J connectivity index is 1.46. The highest BCUT2D eigenvalue weighted by Gasteiger charge is 2.48. The van der Waals surface area contributed by atoms with Gasteiger partial charge in [-0.05, 0) is 37.5 Å². The minimum absolute atomic E-state index is 0.0115. The largest absolute Gasteiger partial charge is 0.454 e. The molecule has 1 saturated carbocycles. The highest BCUT2D eigenvalue weighted by molar-refractivity contribution is 5.92. The summed E-state index contributed by atoms with van der Waals surface area (Å²) >= 11 is 0. The molecule has 2 amide bonds. The van der Waals surface area contributed by atoms with Gasteiger partial charge >= 0.3 is 0 Å². The van der Waals surface area contributed by atoms with Crippen molar-refractivity contribution < 1.29 is 19.1 Å². The van der Waals surface area contributed by atoms with Gasteiger partial charge in [-0.25, -0.2) is 0 Å². The molecule has 3 unspecified atom stereocenters. The van der Waals surface area contributed by atoms with E-state index in [1.165, 1.54) is 0 Å². The van der Waals surface area contributed by atoms with Gasteiger partial charge in [0.2, 0.25) is 18.6 Å². The maximum absolute atomic E-state index is 12.1. The molecule has 1 aliphatic carbocycles. The summed E-state index contributed by atoms with van der Waals surface area (Å²) in [5, 5.41) is 5.82. The SMILES string of the molecule is CCC(C)NC(=O)C1CC1C(=O)NCc1ccc2c(c1)OCO2. The van der Waals surface area contributed by atoms with Crippen LogP contribution in [0.4, 0.5) is 0 Å². The van der Waals surface area contributed by atoms with Crippen LogP contribution in [0.25, 0.3) is 0 Å². The minimum Gasteiger partial charge on any atom is -0.454 e. The summed E-state index contributed by atoms with van der Waals surface area (Å²) in [6.07, 6.45) is 1.52. The molecule has 3 atom stereocenters. The predicted molar refractivity (Wildman–Crippen MR) is 83.9 cm³/mol. The summed E-state index contributed by atoms with van der Waals surface area (Å²) in [6.45, 7) is 4.65. The number of hydrogen-bond donors (Lipinski definition) is 2. The molecule has 0 spiro atoms. The van der Waals surface area contributed by atoms with Crippen molar-refractivity contribution >= 4 is 11.8 Å². The zero-order valence-corrected chi connectivity index (χ0v) is 13.4. The molecule has 0 saturated heterocycles. The lowest BCUT2D eigenvalue weighted by Crippen LogP contribution is -2.35. The van der Waals surface area contributed by atoms with Crippen LogP contribution in [-0.2, 0) is 16.1 Å². The van der Waals surface area contributed by atoms with Crippen molar-refractivity contribution in [1.29, 1.82) is 0 Å². The molecule has 6 nitrogen and oxygen atoms in total. The maximum Gasteiger partial charge on any atom is 0.231 e. The Labute approximate surface area is 135 Å². The van der Waals surface area contributed by atoms with E-state index in [-0.39, 0.29) is 36.5 Å². The molecule has 1 fully saturated rings. The number of benzene rings is 1. The van der Waals surface area contributed by atoms with E-state index in [9.17, 15) is 9.59 Å². The van der Waals surface area contributed by atoms with Crippen molar-refractivity contribution in [3.05, 3.63) is 23.8 Å². The first-order valence-electron chi connectivity index (χ1n) is 8.05. The normalized spacial score (nSPS) is 22.3. The van der Waals surface area contributed by atoms with E-state index >= 15 is 0 Å². The smallest absolute Gasteiger partial charge is 0.231 e. The van der Waals surface area contributed by atoms with Crippen LogP contribution in [0, 0.1) is 11.8 Å². The number of ether oxygens (including phenoxy) is 2. The van der Waals surface area contributed by atoms with Crippen LogP contribution >= 0.6 is 0 Å². The second-order valence-corrected chi connectivity index (χ2v) is 6.17. The fraction of sp³-hybridized carbons (Fsp3) is 0.529. The summed E-state index contributed by atoms with van der Waals surface area (Å²) in [6, 6.07) is 5.75. The molecule has 1 aromatic rings. The molecule has 1 aliphatic heterocycles. The molecule has 0 aromatic heterocycles. The van der Waals surface area contributed by atoms with Crippen molar-refractivity contribution in [2.75, 3.05) is 6.79 Å². The molecule has 1 aromatic carbocycles. The third-order valence-electron chi connectivity index (χ3n) is 4.37. The molecule has 2 aliphatic rings. The fourth-order valence-corrected chi connectivity index (χ4v) is 2.60. The first kappa shape index (κ1) is 15.6. The first-order chi connectivity index (χ1) is 11.1. The van der Waals surface area contributed by atoms with Crippen LogP contribution in [-0.4, -0.2) is 24.6 Å². The summed E-state index contributed by atoms with van der Waals surface area (Å²) in [5.74, 6) is 0.974. The number of amides is 2. The summed E-state index contributed by atoms with van der Waals surface area (Å²) in [7, 11) is 0. The van der Waals surface area contributed by atoms with Crippen LogP contribution in [0.2, 0.25) is 0 Å². The number of fused-ring (bicyclic) bond motifs is 1. The van der Waals surface area contributed by atoms with E-state index in [0.717, 1.165) is 17.7 Å². The van der Waals surface area contributed by atoms with Crippen molar-refractivity contribution in [2.45, 2.75) is 39.3 Å². The molecule has 1 heterocycles. The van der Waals surface area contributed by atoms with Gasteiger partial charge in [-0.1, -0.05) is 13.0 Å². The zero-order valence-electron chi connectivity index (χ0n) is 13.4. The zero-order chi connectivity index (χ0) is 16.4. The number of carbonyl (C=O) groups excluding carboxylic acids is 2. The van der Waals surface area contributed by atoms with Gasteiger partial charge in [0, 0.05) is 12.6 Å². The summed E-state index contributed by atoms with van der Waals surface area (Å²) in [5.41, 5.74) is 0.948. The lowest BCUT2D eigenvalue weighted by Gasteiger charge is -2.11. The Bertz CT molecular complexity index is 617. The number of nitrogens with one attached hydrogen (secondary N) is 2. The third kappa shape index (κ3) is 3.57. The Morgan fingerprint density at radius 3 is 2.74 bits per heavy atom. The summed E-state index contributed by atoms with van der Waals surface area (Å²) in [4.78, 5) is 24.1. The van der Waals surface area contributed by atoms with E-state index in [0.29, 0.717) is 18.7 Å². The lowest BCUT2D eigenvalue weighted by atomic mass is 10.2. The van der Waals surface area contributed by atoms with Gasteiger partial charge in [-0.3, -0.25) is 9.59 Å². The van der Waals surface area contributed by atoms with Crippen LogP contribution in [0.15, 0.2) is 18.2 Å². The molecule has 2 N–H and O–H groups in total. The molecular weight excluding hydrogens is 296 g/mol. The molecule has 3 rings (SSSR count). The second-order valence-electron chi connectivity index (χ2n) is 6.17. The van der Waals surface area contributed by atoms with Gasteiger partial charge in [-0.2, -0.15) is 0 Å². The van der Waals surface area contributed by atoms with Gasteiger partial charge < -0.3 is 20.1 Å². The van der Waals surface area contributed by atoms with Crippen molar-refractivity contribution in [3.63, 3.8) is 0 Å². The monoisotopic (exact) mass is 318 g/mol. The van der Waals surface area contributed by atoms with Crippen molar-refractivity contribution in [1.82, 2.24) is 10.6 Å². The van der Waals surface area contributed by atoms with E-state index < -0.39 is 0 Å². The molecule has 0 bridgehead atoms. The highest BCUT2D eigenvalue weighted by atomic mass is 16.7. The van der Waals surface area contributed by atoms with Crippen LogP contribution in [0.3, 0.4) is 0 Å². The average molecular weight is 318 g/mol. The topological polar surface area (TPSA) is 76.7 Å². The van der Waals surface area contributed by atoms with E-state index in [1.807, 2.05) is 32.0 Å². The van der Waals surface area contributed by atoms with E-state index in [1.54, 1.807) is 0 Å². The average Bonchev–Trinajstić information content (AvgIpc) is 3.23. The second kappa shape index (κ2) is 6.48. The predicted octanol–water partition coefficient (Wildman–Crippen LogP) is 1.58. The van der Waals surface area contributed by atoms with Crippen molar-refractivity contribution in [2.24, 2.45) is 11.8 Å². The van der Waals surface area contributed by atoms with Crippen LogP contribution < -0.4 is 20.1 Å². The van der Waals surface area contributed by atoms with E-state index in [2.05, 4.69) is 10.6 Å². The lowest BCUT2D eigenvalue weighted by molar-refractivity contribution is -0.127. The maximum atomic E-state index is 12.1. The molecule has 124 valence electrons. The Morgan fingerprint density at radius 1 is 1.22 bits per heavy atom. The van der Waals surface area contributed by atoms with Crippen molar-refractivity contribution in [3.8, 4) is 11.5 Å². The number of hydrogen-bond acceptors (Lipinski definition) is 4. The Kier molecular flexibility index (Phi) is 4.41. The van der Waals surface area contributed by atoms with Crippen LogP contribution in [0.1, 0.15) is 32.3 Å². The Morgan fingerprint density at radius 2 is 1.96 bits per heavy atom. The molecular formula is C17H22N2O4. The third-order valence-corrected chi connectivity index (χ3v) is 4.37. The quantitative estimate of drug-likeness (QED) is 0.835. The van der Waals surface area contributed by atoms with Gasteiger partial charge in [0.1, 0.15) is 0 Å². The fourth-order valence-electron chi connectivity index (χ4n) is 2.60. The standard InChI is InChI=1S/C17H22N2O4/c1-3-10(2)19-17(21)13-7-12(13)16(20)18-8-11-4-5-14-15(6-11)23-9-22-14/h4-6,10,12-13H,3,7-9H2,1-2H3,(H,18,20)(H,19,21). The van der Waals surface area contributed by atoms with Gasteiger partial charge in [0.15, 0.2) is 11.5 Å². The van der Waals surface area contributed by atoms with Crippen LogP contribution in [0.5, 0.6) is 11.5 Å². The van der Waals surface area contributed by atoms with Gasteiger partial charge in [-0.15, -0.1) is 0 Å². The number of rotatable bonds is 6. The molecule has 23 heavy (non-hydrogen) atoms. The minimum atomic E-state index is -0.201. The Hall–Kier alpha value is -2.24. The van der Waals surface area contributed by atoms with Gasteiger partial charge in [0.05, 0.1) is 11.8 Å². The van der Waals surface area contributed by atoms with E-state index in [4.69, 9.17) is 9.47 Å². The highest BCUT2D eigenvalue weighted by Crippen LogP contribution is 2.39. The first-order valence-corrected chi connectivity index (χ1v) is 8.05. The molecule has 0 radical (unpaired) electrons. The molecule has 6 heteroatoms. The van der Waals surface area contributed by atoms with Gasteiger partial charge in [0.25, 0.3) is 0 Å². The number of carbonyl (C=O) groups is 2. The summed E-state index contributed by atoms with van der Waals surface area (Å²) < 4.78 is 10.6.